The Bertz CT molecular complexity index is 835. The third kappa shape index (κ3) is 1.92. The first-order valence-corrected chi connectivity index (χ1v) is 6.31. The number of nitrogen functional groups attached to an aromatic ring is 1. The summed E-state index contributed by atoms with van der Waals surface area (Å²) in [5.41, 5.74) is 7.35. The maximum atomic E-state index is 11.8. The largest absolute Gasteiger partial charge is 0.446 e. The number of aryl methyl sites for hydroxylation is 1. The molecule has 2 heterocycles. The molecule has 0 radical (unpaired) electrons. The second-order valence-electron chi connectivity index (χ2n) is 4.04. The van der Waals surface area contributed by atoms with E-state index in [9.17, 15) is 4.79 Å². The van der Waals surface area contributed by atoms with E-state index in [0.717, 1.165) is 10.0 Å². The number of hydrogen-bond donors (Lipinski definition) is 1. The number of benzene rings is 1. The molecule has 3 rings (SSSR count). The number of nitrogens with zero attached hydrogens (tertiary/aromatic N) is 4. The van der Waals surface area contributed by atoms with E-state index in [2.05, 4.69) is 40.6 Å². The Morgan fingerprint density at radius 1 is 1.30 bits per heavy atom. The Hall–Kier alpha value is -2.42. The quantitative estimate of drug-likeness (QED) is 0.754. The highest BCUT2D eigenvalue weighted by Gasteiger charge is 2.21. The molecule has 2 aromatic heterocycles. The maximum absolute atomic E-state index is 11.8. The summed E-state index contributed by atoms with van der Waals surface area (Å²) < 4.78 is 11.3. The van der Waals surface area contributed by atoms with Gasteiger partial charge >= 0.3 is 5.76 Å². The van der Waals surface area contributed by atoms with E-state index in [1.54, 1.807) is 12.1 Å². The molecule has 0 saturated heterocycles. The molecule has 9 heteroatoms. The van der Waals surface area contributed by atoms with Crippen LogP contribution in [0.5, 0.6) is 0 Å². The normalized spacial score (nSPS) is 10.9. The van der Waals surface area contributed by atoms with E-state index in [4.69, 9.17) is 5.73 Å². The van der Waals surface area contributed by atoms with Gasteiger partial charge in [0.1, 0.15) is 0 Å². The summed E-state index contributed by atoms with van der Waals surface area (Å²) in [6.45, 7) is 1.94. The number of anilines is 1. The van der Waals surface area contributed by atoms with E-state index in [0.29, 0.717) is 5.69 Å². The van der Waals surface area contributed by atoms with Crippen LogP contribution in [0.15, 0.2) is 36.6 Å². The van der Waals surface area contributed by atoms with E-state index in [-0.39, 0.29) is 17.3 Å². The fourth-order valence-electron chi connectivity index (χ4n) is 1.70. The lowest BCUT2D eigenvalue weighted by molar-refractivity contribution is 0.310. The van der Waals surface area contributed by atoms with Crippen molar-refractivity contribution >= 4 is 21.7 Å². The smallest absolute Gasteiger partial charge is 0.379 e. The minimum absolute atomic E-state index is 0.0261. The molecule has 0 amide bonds. The molecule has 0 fully saturated rings. The van der Waals surface area contributed by atoms with E-state index >= 15 is 0 Å². The second-order valence-corrected chi connectivity index (χ2v) is 4.89. The number of halogens is 1. The number of rotatable bonds is 2. The Kier molecular flexibility index (Phi) is 2.90. The third-order valence-corrected chi connectivity index (χ3v) is 3.60. The molecule has 2 N–H and O–H groups in total. The van der Waals surface area contributed by atoms with Gasteiger partial charge in [0.15, 0.2) is 11.5 Å². The van der Waals surface area contributed by atoms with E-state index in [1.807, 2.05) is 13.0 Å². The third-order valence-electron chi connectivity index (χ3n) is 2.74. The summed E-state index contributed by atoms with van der Waals surface area (Å²) in [6, 6.07) is 5.38. The second kappa shape index (κ2) is 4.60. The maximum Gasteiger partial charge on any atom is 0.446 e. The van der Waals surface area contributed by atoms with Crippen molar-refractivity contribution in [3.63, 3.8) is 0 Å². The fourth-order valence-corrected chi connectivity index (χ4v) is 2.07. The van der Waals surface area contributed by atoms with Crippen LogP contribution in [0.3, 0.4) is 0 Å². The van der Waals surface area contributed by atoms with Gasteiger partial charge in [0.25, 0.3) is 0 Å². The molecule has 0 bridgehead atoms. The van der Waals surface area contributed by atoms with E-state index in [1.165, 1.54) is 4.57 Å². The van der Waals surface area contributed by atoms with Crippen molar-refractivity contribution in [1.82, 2.24) is 20.0 Å². The van der Waals surface area contributed by atoms with Crippen molar-refractivity contribution in [2.75, 3.05) is 5.73 Å². The summed E-state index contributed by atoms with van der Waals surface area (Å²) >= 11 is 3.41. The van der Waals surface area contributed by atoms with Crippen LogP contribution in [0.4, 0.5) is 5.82 Å². The minimum Gasteiger partial charge on any atom is -0.379 e. The molecule has 0 unspecified atom stereocenters. The lowest BCUT2D eigenvalue weighted by Crippen LogP contribution is -2.13. The molecule has 8 nitrogen and oxygen atoms in total. The van der Waals surface area contributed by atoms with Crippen LogP contribution < -0.4 is 11.5 Å². The summed E-state index contributed by atoms with van der Waals surface area (Å²) in [4.78, 5) is 11.8. The van der Waals surface area contributed by atoms with Gasteiger partial charge in [-0.2, -0.15) is 0 Å². The van der Waals surface area contributed by atoms with Crippen LogP contribution in [-0.2, 0) is 0 Å². The number of nitrogens with two attached hydrogens (primary N) is 1. The highest BCUT2D eigenvalue weighted by atomic mass is 79.9. The van der Waals surface area contributed by atoms with Crippen LogP contribution in [0.2, 0.25) is 0 Å². The van der Waals surface area contributed by atoms with Gasteiger partial charge in [0.2, 0.25) is 5.82 Å². The first-order chi connectivity index (χ1) is 9.58. The highest BCUT2D eigenvalue weighted by molar-refractivity contribution is 9.10. The molecule has 1 aromatic carbocycles. The molecular formula is C11H8BrN5O3. The van der Waals surface area contributed by atoms with E-state index < -0.39 is 5.76 Å². The molecule has 0 aliphatic carbocycles. The molecule has 20 heavy (non-hydrogen) atoms. The average molecular weight is 338 g/mol. The van der Waals surface area contributed by atoms with Crippen LogP contribution in [-0.4, -0.2) is 20.0 Å². The molecule has 0 spiro atoms. The lowest BCUT2D eigenvalue weighted by Gasteiger charge is -2.05. The topological polar surface area (TPSA) is 113 Å². The van der Waals surface area contributed by atoms with Crippen LogP contribution in [0, 0.1) is 6.92 Å². The highest BCUT2D eigenvalue weighted by Crippen LogP contribution is 2.24. The van der Waals surface area contributed by atoms with Crippen molar-refractivity contribution in [1.29, 1.82) is 0 Å². The summed E-state index contributed by atoms with van der Waals surface area (Å²) in [7, 11) is 0. The molecule has 0 aliphatic rings. The molecule has 0 atom stereocenters. The number of aromatic nitrogens is 4. The van der Waals surface area contributed by atoms with Crippen LogP contribution >= 0.6 is 15.9 Å². The van der Waals surface area contributed by atoms with Crippen molar-refractivity contribution < 1.29 is 9.15 Å². The first-order valence-electron chi connectivity index (χ1n) is 5.51. The Morgan fingerprint density at radius 2 is 2.10 bits per heavy atom. The van der Waals surface area contributed by atoms with Gasteiger partial charge in [0, 0.05) is 4.47 Å². The van der Waals surface area contributed by atoms with Crippen molar-refractivity contribution in [2.45, 2.75) is 6.92 Å². The lowest BCUT2D eigenvalue weighted by atomic mass is 10.2. The predicted molar refractivity (Wildman–Crippen MR) is 72.2 cm³/mol. The van der Waals surface area contributed by atoms with Crippen molar-refractivity contribution in [2.24, 2.45) is 0 Å². The monoisotopic (exact) mass is 337 g/mol. The van der Waals surface area contributed by atoms with Gasteiger partial charge < -0.3 is 5.73 Å². The Labute approximate surface area is 120 Å². The minimum atomic E-state index is -0.654. The van der Waals surface area contributed by atoms with Crippen molar-refractivity contribution in [3.05, 3.63) is 38.8 Å². The molecular weight excluding hydrogens is 330 g/mol. The van der Waals surface area contributed by atoms with Crippen molar-refractivity contribution in [3.8, 4) is 17.2 Å². The zero-order valence-corrected chi connectivity index (χ0v) is 11.8. The van der Waals surface area contributed by atoms with Gasteiger partial charge in [-0.25, -0.2) is 14.0 Å². The van der Waals surface area contributed by atoms with Gasteiger partial charge in [-0.3, -0.25) is 4.52 Å². The Morgan fingerprint density at radius 3 is 2.75 bits per heavy atom. The summed E-state index contributed by atoms with van der Waals surface area (Å²) in [5, 5.41) is 10.7. The standard InChI is InChI=1S/C11H8BrN5O3/c1-5-2-3-6(4-7(5)12)17-10(16-19-11(17)18)8-9(13)15-20-14-8/h2-4H,1H3,(H2,13,15). The van der Waals surface area contributed by atoms with Gasteiger partial charge in [0.05, 0.1) is 5.69 Å². The fraction of sp³-hybridized carbons (Fsp3) is 0.0909. The Balaban J connectivity index is 2.24. The molecule has 0 saturated carbocycles. The first kappa shape index (κ1) is 12.6. The predicted octanol–water partition coefficient (Wildman–Crippen LogP) is 1.53. The van der Waals surface area contributed by atoms with Crippen LogP contribution in [0.25, 0.3) is 17.2 Å². The molecule has 0 aliphatic heterocycles. The molecule has 3 aromatic rings. The number of hydrogen-bond acceptors (Lipinski definition) is 7. The molecule has 102 valence electrons. The summed E-state index contributed by atoms with van der Waals surface area (Å²) in [5.74, 6) is -0.499. The van der Waals surface area contributed by atoms with Gasteiger partial charge in [-0.1, -0.05) is 27.2 Å². The zero-order chi connectivity index (χ0) is 14.3. The van der Waals surface area contributed by atoms with Gasteiger partial charge in [-0.05, 0) is 34.9 Å². The SMILES string of the molecule is Cc1ccc(-n2c(-c3nonc3N)noc2=O)cc1Br. The average Bonchev–Trinajstić information content (AvgIpc) is 2.99. The summed E-state index contributed by atoms with van der Waals surface area (Å²) in [6.07, 6.45) is 0. The van der Waals surface area contributed by atoms with Gasteiger partial charge in [-0.15, -0.1) is 0 Å². The zero-order valence-electron chi connectivity index (χ0n) is 10.2. The van der Waals surface area contributed by atoms with Crippen LogP contribution in [0.1, 0.15) is 5.56 Å².